The highest BCUT2D eigenvalue weighted by Crippen LogP contribution is 2.25. The summed E-state index contributed by atoms with van der Waals surface area (Å²) in [5.74, 6) is 0.320. The second-order valence-electron chi connectivity index (χ2n) is 4.54. The molecule has 106 valence electrons. The lowest BCUT2D eigenvalue weighted by molar-refractivity contribution is -0.0109. The molecule has 1 aromatic rings. The largest absolute Gasteiger partial charge is 0.489 e. The molecule has 0 radical (unpaired) electrons. The molecule has 1 aliphatic rings. The van der Waals surface area contributed by atoms with Gasteiger partial charge >= 0.3 is 0 Å². The number of nitrogens with two attached hydrogens (primary N) is 2. The van der Waals surface area contributed by atoms with Gasteiger partial charge in [0.1, 0.15) is 12.4 Å². The zero-order valence-corrected chi connectivity index (χ0v) is 11.4. The van der Waals surface area contributed by atoms with Gasteiger partial charge in [0.15, 0.2) is 0 Å². The Balaban J connectivity index is 2.06. The van der Waals surface area contributed by atoms with Crippen molar-refractivity contribution < 1.29 is 17.9 Å². The van der Waals surface area contributed by atoms with Gasteiger partial charge in [-0.05, 0) is 31.4 Å². The summed E-state index contributed by atoms with van der Waals surface area (Å²) in [6, 6.07) is 4.17. The molecule has 0 spiro atoms. The third-order valence-corrected chi connectivity index (χ3v) is 3.92. The fraction of sp³-hybridized carbons (Fsp3) is 0.500. The molecule has 19 heavy (non-hydrogen) atoms. The molecule has 0 amide bonds. The van der Waals surface area contributed by atoms with Crippen LogP contribution in [-0.4, -0.2) is 27.7 Å². The summed E-state index contributed by atoms with van der Waals surface area (Å²) >= 11 is 0. The number of hydrogen-bond donors (Lipinski definition) is 2. The second-order valence-corrected chi connectivity index (χ2v) is 6.11. The van der Waals surface area contributed by atoms with E-state index in [9.17, 15) is 8.42 Å². The first kappa shape index (κ1) is 14.1. The van der Waals surface area contributed by atoms with Crippen LogP contribution in [-0.2, 0) is 14.8 Å². The minimum atomic E-state index is -3.75. The van der Waals surface area contributed by atoms with Crippen molar-refractivity contribution >= 4 is 15.7 Å². The van der Waals surface area contributed by atoms with E-state index in [0.29, 0.717) is 18.0 Å². The third kappa shape index (κ3) is 3.82. The monoisotopic (exact) mass is 286 g/mol. The van der Waals surface area contributed by atoms with Crippen molar-refractivity contribution in [1.82, 2.24) is 0 Å². The van der Waals surface area contributed by atoms with E-state index >= 15 is 0 Å². The lowest BCUT2D eigenvalue weighted by Crippen LogP contribution is -2.26. The van der Waals surface area contributed by atoms with E-state index in [0.717, 1.165) is 25.9 Å². The summed E-state index contributed by atoms with van der Waals surface area (Å²) in [4.78, 5) is -0.0127. The molecule has 0 bridgehead atoms. The highest BCUT2D eigenvalue weighted by atomic mass is 32.2. The number of hydrogen-bond acceptors (Lipinski definition) is 5. The summed E-state index contributed by atoms with van der Waals surface area (Å²) in [5, 5.41) is 5.07. The molecule has 1 fully saturated rings. The lowest BCUT2D eigenvalue weighted by atomic mass is 10.1. The van der Waals surface area contributed by atoms with Crippen molar-refractivity contribution in [1.29, 1.82) is 0 Å². The predicted molar refractivity (Wildman–Crippen MR) is 71.3 cm³/mol. The molecular formula is C12H18N2O4S. The fourth-order valence-corrected chi connectivity index (χ4v) is 2.47. The van der Waals surface area contributed by atoms with Gasteiger partial charge in [0.25, 0.3) is 0 Å². The molecule has 1 aromatic carbocycles. The highest BCUT2D eigenvalue weighted by Gasteiger charge is 2.16. The maximum Gasteiger partial charge on any atom is 0.238 e. The van der Waals surface area contributed by atoms with Crippen LogP contribution in [0.3, 0.4) is 0 Å². The minimum absolute atomic E-state index is 0.0127. The van der Waals surface area contributed by atoms with E-state index < -0.39 is 10.0 Å². The van der Waals surface area contributed by atoms with Gasteiger partial charge in [-0.3, -0.25) is 0 Å². The number of primary sulfonamides is 1. The van der Waals surface area contributed by atoms with Crippen molar-refractivity contribution in [2.24, 2.45) is 5.14 Å². The first-order valence-corrected chi connectivity index (χ1v) is 7.68. The quantitative estimate of drug-likeness (QED) is 0.799. The van der Waals surface area contributed by atoms with Crippen LogP contribution in [0.25, 0.3) is 0 Å². The number of nitrogen functional groups attached to an aromatic ring is 1. The number of benzene rings is 1. The van der Waals surface area contributed by atoms with Crippen LogP contribution in [0.4, 0.5) is 5.69 Å². The fourth-order valence-electron chi connectivity index (χ4n) is 1.94. The van der Waals surface area contributed by atoms with Crippen LogP contribution in [0.1, 0.15) is 19.3 Å². The van der Waals surface area contributed by atoms with Gasteiger partial charge in [-0.25, -0.2) is 13.6 Å². The SMILES string of the molecule is Nc1ccc(S(N)(=O)=O)cc1OCC1CCCCO1. The van der Waals surface area contributed by atoms with E-state index in [1.165, 1.54) is 18.2 Å². The Morgan fingerprint density at radius 3 is 2.79 bits per heavy atom. The van der Waals surface area contributed by atoms with E-state index in [1.54, 1.807) is 0 Å². The number of ether oxygens (including phenoxy) is 2. The second kappa shape index (κ2) is 5.77. The number of rotatable bonds is 4. The molecule has 1 aliphatic heterocycles. The van der Waals surface area contributed by atoms with Crippen molar-refractivity contribution in [3.05, 3.63) is 18.2 Å². The smallest absolute Gasteiger partial charge is 0.238 e. The zero-order valence-electron chi connectivity index (χ0n) is 10.5. The first-order valence-electron chi connectivity index (χ1n) is 6.13. The molecule has 6 nitrogen and oxygen atoms in total. The molecule has 0 saturated carbocycles. The number of anilines is 1. The van der Waals surface area contributed by atoms with E-state index in [1.807, 2.05) is 0 Å². The summed E-state index contributed by atoms with van der Waals surface area (Å²) in [6.45, 7) is 1.10. The Morgan fingerprint density at radius 1 is 1.37 bits per heavy atom. The van der Waals surface area contributed by atoms with E-state index in [4.69, 9.17) is 20.3 Å². The van der Waals surface area contributed by atoms with Crippen LogP contribution in [0, 0.1) is 0 Å². The normalized spacial score (nSPS) is 20.2. The van der Waals surface area contributed by atoms with Crippen LogP contribution < -0.4 is 15.6 Å². The third-order valence-electron chi connectivity index (χ3n) is 3.01. The molecule has 0 aliphatic carbocycles. The summed E-state index contributed by atoms with van der Waals surface area (Å²) < 4.78 is 33.6. The highest BCUT2D eigenvalue weighted by molar-refractivity contribution is 7.89. The maximum atomic E-state index is 11.3. The molecule has 7 heteroatoms. The standard InChI is InChI=1S/C12H18N2O4S/c13-11-5-4-10(19(14,15)16)7-12(11)18-8-9-3-1-2-6-17-9/h4-5,7,9H,1-3,6,8,13H2,(H2,14,15,16). The van der Waals surface area contributed by atoms with Crippen molar-refractivity contribution in [3.63, 3.8) is 0 Å². The van der Waals surface area contributed by atoms with Gasteiger partial charge in [0, 0.05) is 12.7 Å². The zero-order chi connectivity index (χ0) is 13.9. The van der Waals surface area contributed by atoms with Gasteiger partial charge in [0.2, 0.25) is 10.0 Å². The molecule has 1 unspecified atom stereocenters. The van der Waals surface area contributed by atoms with E-state index in [2.05, 4.69) is 0 Å². The first-order chi connectivity index (χ1) is 8.97. The average molecular weight is 286 g/mol. The van der Waals surface area contributed by atoms with Crippen molar-refractivity contribution in [2.75, 3.05) is 18.9 Å². The average Bonchev–Trinajstić information content (AvgIpc) is 2.37. The van der Waals surface area contributed by atoms with Crippen LogP contribution >= 0.6 is 0 Å². The van der Waals surface area contributed by atoms with Crippen molar-refractivity contribution in [2.45, 2.75) is 30.3 Å². The van der Waals surface area contributed by atoms with Gasteiger partial charge in [-0.1, -0.05) is 0 Å². The Labute approximate surface area is 112 Å². The van der Waals surface area contributed by atoms with Crippen molar-refractivity contribution in [3.8, 4) is 5.75 Å². The molecule has 1 heterocycles. The summed E-state index contributed by atoms with van der Waals surface area (Å²) in [6.07, 6.45) is 3.15. The van der Waals surface area contributed by atoms with Gasteiger partial charge in [-0.2, -0.15) is 0 Å². The Hall–Kier alpha value is -1.31. The minimum Gasteiger partial charge on any atom is -0.489 e. The molecule has 2 rings (SSSR count). The predicted octanol–water partition coefficient (Wildman–Crippen LogP) is 0.864. The Kier molecular flexibility index (Phi) is 4.28. The van der Waals surface area contributed by atoms with Gasteiger partial charge in [0.05, 0.1) is 16.7 Å². The molecule has 0 aromatic heterocycles. The molecular weight excluding hydrogens is 268 g/mol. The van der Waals surface area contributed by atoms with E-state index in [-0.39, 0.29) is 11.0 Å². The maximum absolute atomic E-state index is 11.3. The molecule has 4 N–H and O–H groups in total. The molecule has 1 atom stereocenters. The van der Waals surface area contributed by atoms with Gasteiger partial charge in [-0.15, -0.1) is 0 Å². The molecule has 1 saturated heterocycles. The van der Waals surface area contributed by atoms with Crippen LogP contribution in [0.2, 0.25) is 0 Å². The summed E-state index contributed by atoms with van der Waals surface area (Å²) in [7, 11) is -3.75. The summed E-state index contributed by atoms with van der Waals surface area (Å²) in [5.41, 5.74) is 6.12. The van der Waals surface area contributed by atoms with Gasteiger partial charge < -0.3 is 15.2 Å². The topological polar surface area (TPSA) is 105 Å². The van der Waals surface area contributed by atoms with Crippen LogP contribution in [0.15, 0.2) is 23.1 Å². The van der Waals surface area contributed by atoms with Crippen LogP contribution in [0.5, 0.6) is 5.75 Å². The number of sulfonamides is 1. The Morgan fingerprint density at radius 2 is 2.16 bits per heavy atom. The lowest BCUT2D eigenvalue weighted by Gasteiger charge is -2.23. The Bertz CT molecular complexity index is 539.